The van der Waals surface area contributed by atoms with Crippen LogP contribution in [0.3, 0.4) is 0 Å². The second kappa shape index (κ2) is 9.90. The molecule has 3 aromatic rings. The molecule has 1 fully saturated rings. The molecule has 10 nitrogen and oxygen atoms in total. The van der Waals surface area contributed by atoms with E-state index in [0.29, 0.717) is 31.2 Å². The van der Waals surface area contributed by atoms with Gasteiger partial charge in [-0.15, -0.1) is 5.10 Å². The molecule has 1 aromatic carbocycles. The molecule has 2 aromatic heterocycles. The number of carbonyl (C=O) groups excluding carboxylic acids is 2. The van der Waals surface area contributed by atoms with Gasteiger partial charge in [-0.25, -0.2) is 14.5 Å². The number of nitrogens with zero attached hydrogens (tertiary/aromatic N) is 6. The quantitative estimate of drug-likeness (QED) is 0.556. The highest BCUT2D eigenvalue weighted by molar-refractivity contribution is 5.89. The van der Waals surface area contributed by atoms with E-state index in [1.165, 1.54) is 0 Å². The number of ether oxygens (including phenoxy) is 1. The van der Waals surface area contributed by atoms with Crippen LogP contribution in [0.5, 0.6) is 0 Å². The highest BCUT2D eigenvalue weighted by Crippen LogP contribution is 2.23. The van der Waals surface area contributed by atoms with Crippen LogP contribution in [-0.4, -0.2) is 68.3 Å². The molecule has 1 N–H and O–H groups in total. The van der Waals surface area contributed by atoms with E-state index < -0.39 is 0 Å². The minimum absolute atomic E-state index is 0.0968. The van der Waals surface area contributed by atoms with E-state index in [4.69, 9.17) is 4.74 Å². The number of aromatic nitrogens is 4. The van der Waals surface area contributed by atoms with Crippen molar-refractivity contribution >= 4 is 29.3 Å². The first-order valence-electron chi connectivity index (χ1n) is 11.3. The number of carbonyl (C=O) groups is 2. The summed E-state index contributed by atoms with van der Waals surface area (Å²) < 4.78 is 6.69. The van der Waals surface area contributed by atoms with Crippen molar-refractivity contribution in [3.63, 3.8) is 0 Å². The highest BCUT2D eigenvalue weighted by atomic mass is 16.5. The zero-order chi connectivity index (χ0) is 24.2. The summed E-state index contributed by atoms with van der Waals surface area (Å²) in [7, 11) is 0. The van der Waals surface area contributed by atoms with Gasteiger partial charge in [0.2, 0.25) is 11.9 Å². The number of rotatable bonds is 6. The van der Waals surface area contributed by atoms with Crippen LogP contribution >= 0.6 is 0 Å². The topological polar surface area (TPSA) is 105 Å². The maximum Gasteiger partial charge on any atom is 0.338 e. The molecule has 0 radical (unpaired) electrons. The fourth-order valence-corrected chi connectivity index (χ4v) is 4.33. The molecular weight excluding hydrogens is 434 g/mol. The Balaban J connectivity index is 1.46. The summed E-state index contributed by atoms with van der Waals surface area (Å²) in [6.07, 6.45) is 3.38. The van der Waals surface area contributed by atoms with Crippen LogP contribution in [0.2, 0.25) is 0 Å². The van der Waals surface area contributed by atoms with Gasteiger partial charge in [-0.1, -0.05) is 0 Å². The molecule has 34 heavy (non-hydrogen) atoms. The smallest absolute Gasteiger partial charge is 0.338 e. The van der Waals surface area contributed by atoms with Crippen molar-refractivity contribution < 1.29 is 14.3 Å². The van der Waals surface area contributed by atoms with Crippen LogP contribution in [0.1, 0.15) is 38.1 Å². The van der Waals surface area contributed by atoms with Crippen molar-refractivity contribution in [2.24, 2.45) is 0 Å². The number of hydrogen-bond donors (Lipinski definition) is 1. The summed E-state index contributed by atoms with van der Waals surface area (Å²) >= 11 is 0. The van der Waals surface area contributed by atoms with E-state index in [1.807, 2.05) is 17.0 Å². The van der Waals surface area contributed by atoms with Gasteiger partial charge in [0.15, 0.2) is 0 Å². The van der Waals surface area contributed by atoms with E-state index in [1.54, 1.807) is 55.3 Å². The normalized spacial score (nSPS) is 18.0. The SMILES string of the molecule is CCOC(=O)c1ccc(Nc2ncn(-c3ccnc(N4CC(C)N(C(C)=O)[C@H](C)C4)c3)n2)cc1. The van der Waals surface area contributed by atoms with Gasteiger partial charge in [0.1, 0.15) is 12.1 Å². The molecule has 10 heteroatoms. The number of piperazine rings is 1. The van der Waals surface area contributed by atoms with Gasteiger partial charge in [0.05, 0.1) is 17.9 Å². The van der Waals surface area contributed by atoms with Crippen LogP contribution in [0.25, 0.3) is 5.69 Å². The fourth-order valence-electron chi connectivity index (χ4n) is 4.33. The van der Waals surface area contributed by atoms with Gasteiger partial charge in [0, 0.05) is 50.0 Å². The monoisotopic (exact) mass is 463 g/mol. The van der Waals surface area contributed by atoms with Gasteiger partial charge in [-0.3, -0.25) is 4.79 Å². The lowest BCUT2D eigenvalue weighted by atomic mass is 10.1. The van der Waals surface area contributed by atoms with Crippen LogP contribution in [0.15, 0.2) is 48.9 Å². The number of benzene rings is 1. The predicted octanol–water partition coefficient (Wildman–Crippen LogP) is 3.03. The van der Waals surface area contributed by atoms with Crippen molar-refractivity contribution in [1.29, 1.82) is 0 Å². The molecule has 1 aliphatic heterocycles. The highest BCUT2D eigenvalue weighted by Gasteiger charge is 2.31. The third kappa shape index (κ3) is 5.00. The van der Waals surface area contributed by atoms with Crippen molar-refractivity contribution in [3.05, 3.63) is 54.5 Å². The number of anilines is 3. The Morgan fingerprint density at radius 1 is 1.09 bits per heavy atom. The molecule has 0 saturated carbocycles. The number of amides is 1. The van der Waals surface area contributed by atoms with E-state index in [-0.39, 0.29) is 24.0 Å². The van der Waals surface area contributed by atoms with Gasteiger partial charge >= 0.3 is 5.97 Å². The zero-order valence-corrected chi connectivity index (χ0v) is 19.8. The molecule has 1 saturated heterocycles. The largest absolute Gasteiger partial charge is 0.462 e. The van der Waals surface area contributed by atoms with Crippen LogP contribution < -0.4 is 10.2 Å². The number of nitrogens with one attached hydrogen (secondary N) is 1. The van der Waals surface area contributed by atoms with Gasteiger partial charge in [0.25, 0.3) is 0 Å². The van der Waals surface area contributed by atoms with Crippen LogP contribution in [-0.2, 0) is 9.53 Å². The van der Waals surface area contributed by atoms with Crippen molar-refractivity contribution in [3.8, 4) is 5.69 Å². The third-order valence-corrected chi connectivity index (χ3v) is 5.74. The number of pyridine rings is 1. The lowest BCUT2D eigenvalue weighted by Crippen LogP contribution is -2.58. The number of esters is 1. The molecule has 0 spiro atoms. The van der Waals surface area contributed by atoms with Crippen molar-refractivity contribution in [2.45, 2.75) is 39.8 Å². The number of hydrogen-bond acceptors (Lipinski definition) is 8. The predicted molar refractivity (Wildman–Crippen MR) is 128 cm³/mol. The van der Waals surface area contributed by atoms with Crippen LogP contribution in [0.4, 0.5) is 17.5 Å². The third-order valence-electron chi connectivity index (χ3n) is 5.74. The van der Waals surface area contributed by atoms with E-state index in [2.05, 4.69) is 39.1 Å². The second-order valence-corrected chi connectivity index (χ2v) is 8.34. The average molecular weight is 464 g/mol. The Hall–Kier alpha value is -3.95. The van der Waals surface area contributed by atoms with Crippen molar-refractivity contribution in [1.82, 2.24) is 24.6 Å². The average Bonchev–Trinajstić information content (AvgIpc) is 3.27. The Morgan fingerprint density at radius 3 is 2.44 bits per heavy atom. The molecule has 1 unspecified atom stereocenters. The first kappa shape index (κ1) is 23.2. The molecule has 0 bridgehead atoms. The lowest BCUT2D eigenvalue weighted by molar-refractivity contribution is -0.133. The molecule has 1 amide bonds. The lowest BCUT2D eigenvalue weighted by Gasteiger charge is -2.44. The second-order valence-electron chi connectivity index (χ2n) is 8.34. The summed E-state index contributed by atoms with van der Waals surface area (Å²) in [5.74, 6) is 1.01. The van der Waals surface area contributed by atoms with Crippen LogP contribution in [0, 0.1) is 0 Å². The maximum atomic E-state index is 12.0. The molecular formula is C24H29N7O3. The molecule has 178 valence electrons. The molecule has 3 heterocycles. The van der Waals surface area contributed by atoms with Gasteiger partial charge < -0.3 is 19.9 Å². The Labute approximate surface area is 198 Å². The minimum Gasteiger partial charge on any atom is -0.462 e. The zero-order valence-electron chi connectivity index (χ0n) is 19.8. The molecule has 0 aliphatic carbocycles. The van der Waals surface area contributed by atoms with E-state index in [0.717, 1.165) is 17.2 Å². The van der Waals surface area contributed by atoms with Crippen molar-refractivity contribution in [2.75, 3.05) is 29.9 Å². The van der Waals surface area contributed by atoms with Gasteiger partial charge in [-0.2, -0.15) is 4.98 Å². The van der Waals surface area contributed by atoms with E-state index in [9.17, 15) is 9.59 Å². The maximum absolute atomic E-state index is 12.0. The summed E-state index contributed by atoms with van der Waals surface area (Å²) in [5, 5.41) is 7.66. The molecule has 4 rings (SSSR count). The summed E-state index contributed by atoms with van der Waals surface area (Å²) in [6.45, 7) is 9.27. The summed E-state index contributed by atoms with van der Waals surface area (Å²) in [4.78, 5) is 36.8. The molecule has 2 atom stereocenters. The Morgan fingerprint density at radius 2 is 1.79 bits per heavy atom. The minimum atomic E-state index is -0.351. The Bertz CT molecular complexity index is 1150. The Kier molecular flexibility index (Phi) is 6.76. The standard InChI is InChI=1S/C24H29N7O3/c1-5-34-23(33)19-6-8-20(9-7-19)27-24-26-15-30(28-24)21-10-11-25-22(12-21)29-13-16(2)31(18(4)32)17(3)14-29/h6-12,15-17H,5,13-14H2,1-4H3,(H,27,28)/t16-,17?/m1/s1. The summed E-state index contributed by atoms with van der Waals surface area (Å²) in [6, 6.07) is 11.0. The first-order valence-corrected chi connectivity index (χ1v) is 11.3. The fraction of sp³-hybridized carbons (Fsp3) is 0.375. The van der Waals surface area contributed by atoms with Gasteiger partial charge in [-0.05, 0) is 51.1 Å². The summed E-state index contributed by atoms with van der Waals surface area (Å²) in [5.41, 5.74) is 2.08. The first-order chi connectivity index (χ1) is 16.4. The van der Waals surface area contributed by atoms with E-state index >= 15 is 0 Å². The molecule has 1 aliphatic rings.